The van der Waals surface area contributed by atoms with Crippen LogP contribution in [0.5, 0.6) is 0 Å². The van der Waals surface area contributed by atoms with E-state index in [1.54, 1.807) is 0 Å². The van der Waals surface area contributed by atoms with Crippen LogP contribution in [0.25, 0.3) is 0 Å². The van der Waals surface area contributed by atoms with Crippen LogP contribution < -0.4 is 10.6 Å². The number of nitrogens with one attached hydrogen (secondary N) is 2. The maximum atomic E-state index is 12.7. The molecular formula is C22H28N2O2. The number of benzene rings is 2. The van der Waals surface area contributed by atoms with Gasteiger partial charge in [0.2, 0.25) is 11.8 Å². The van der Waals surface area contributed by atoms with Crippen LogP contribution in [0.1, 0.15) is 43.5 Å². The molecule has 2 rings (SSSR count). The summed E-state index contributed by atoms with van der Waals surface area (Å²) in [5.74, 6) is -0.303. The zero-order valence-corrected chi connectivity index (χ0v) is 16.0. The third kappa shape index (κ3) is 5.73. The first-order valence-electron chi connectivity index (χ1n) is 9.07. The van der Waals surface area contributed by atoms with E-state index < -0.39 is 6.04 Å². The van der Waals surface area contributed by atoms with E-state index >= 15 is 0 Å². The number of hydrogen-bond acceptors (Lipinski definition) is 2. The Balaban J connectivity index is 1.98. The fraction of sp³-hybridized carbons (Fsp3) is 0.364. The van der Waals surface area contributed by atoms with E-state index in [0.717, 1.165) is 11.1 Å². The number of rotatable bonds is 7. The van der Waals surface area contributed by atoms with Crippen LogP contribution in [0.3, 0.4) is 0 Å². The first-order valence-corrected chi connectivity index (χ1v) is 9.07. The van der Waals surface area contributed by atoms with Crippen molar-refractivity contribution in [3.8, 4) is 0 Å². The quantitative estimate of drug-likeness (QED) is 0.800. The first-order chi connectivity index (χ1) is 12.4. The molecule has 138 valence electrons. The van der Waals surface area contributed by atoms with Gasteiger partial charge in [-0.3, -0.25) is 9.59 Å². The lowest BCUT2D eigenvalue weighted by Gasteiger charge is -2.24. The van der Waals surface area contributed by atoms with Crippen molar-refractivity contribution in [2.45, 2.75) is 46.2 Å². The van der Waals surface area contributed by atoms with Crippen LogP contribution in [0, 0.1) is 12.8 Å². The lowest BCUT2D eigenvalue weighted by Crippen LogP contribution is -2.50. The van der Waals surface area contributed by atoms with Crippen molar-refractivity contribution in [3.05, 3.63) is 71.3 Å². The van der Waals surface area contributed by atoms with Gasteiger partial charge in [-0.1, -0.05) is 74.0 Å². The van der Waals surface area contributed by atoms with Gasteiger partial charge in [0.05, 0.1) is 12.5 Å². The SMILES string of the molecule is Cc1ccc(C(C)NC(=O)C(NC(=O)Cc2ccccc2)C(C)C)cc1. The highest BCUT2D eigenvalue weighted by Gasteiger charge is 2.25. The molecule has 2 atom stereocenters. The Morgan fingerprint density at radius 1 is 0.885 bits per heavy atom. The average Bonchev–Trinajstić information content (AvgIpc) is 2.60. The summed E-state index contributed by atoms with van der Waals surface area (Å²) >= 11 is 0. The van der Waals surface area contributed by atoms with Gasteiger partial charge in [-0.25, -0.2) is 0 Å². The molecule has 0 radical (unpaired) electrons. The van der Waals surface area contributed by atoms with Gasteiger partial charge in [-0.15, -0.1) is 0 Å². The molecule has 2 unspecified atom stereocenters. The second-order valence-electron chi connectivity index (χ2n) is 7.09. The molecule has 0 aliphatic rings. The molecule has 4 heteroatoms. The second-order valence-corrected chi connectivity index (χ2v) is 7.09. The molecule has 0 aliphatic carbocycles. The van der Waals surface area contributed by atoms with Crippen molar-refractivity contribution in [3.63, 3.8) is 0 Å². The Morgan fingerprint density at radius 3 is 2.08 bits per heavy atom. The fourth-order valence-corrected chi connectivity index (χ4v) is 2.78. The maximum Gasteiger partial charge on any atom is 0.243 e. The van der Waals surface area contributed by atoms with Crippen LogP contribution in [-0.4, -0.2) is 17.9 Å². The highest BCUT2D eigenvalue weighted by atomic mass is 16.2. The zero-order valence-electron chi connectivity index (χ0n) is 16.0. The molecular weight excluding hydrogens is 324 g/mol. The molecule has 2 aromatic carbocycles. The molecule has 0 aliphatic heterocycles. The molecule has 0 heterocycles. The summed E-state index contributed by atoms with van der Waals surface area (Å²) in [5, 5.41) is 5.89. The van der Waals surface area contributed by atoms with Crippen molar-refractivity contribution in [2.24, 2.45) is 5.92 Å². The van der Waals surface area contributed by atoms with E-state index in [0.29, 0.717) is 0 Å². The monoisotopic (exact) mass is 352 g/mol. The topological polar surface area (TPSA) is 58.2 Å². The Kier molecular flexibility index (Phi) is 6.96. The molecule has 2 amide bonds. The van der Waals surface area contributed by atoms with Gasteiger partial charge in [0.25, 0.3) is 0 Å². The summed E-state index contributed by atoms with van der Waals surface area (Å²) in [6, 6.07) is 16.9. The van der Waals surface area contributed by atoms with Gasteiger partial charge in [-0.05, 0) is 30.9 Å². The van der Waals surface area contributed by atoms with Crippen LogP contribution in [-0.2, 0) is 16.0 Å². The summed E-state index contributed by atoms with van der Waals surface area (Å²) in [5.41, 5.74) is 3.16. The molecule has 0 saturated heterocycles. The summed E-state index contributed by atoms with van der Waals surface area (Å²) < 4.78 is 0. The maximum absolute atomic E-state index is 12.7. The minimum absolute atomic E-state index is 0.0000545. The van der Waals surface area contributed by atoms with Gasteiger partial charge in [0, 0.05) is 0 Å². The second kappa shape index (κ2) is 9.18. The predicted octanol–water partition coefficient (Wildman–Crippen LogP) is 3.56. The normalized spacial score (nSPS) is 13.1. The van der Waals surface area contributed by atoms with E-state index in [-0.39, 0.29) is 30.2 Å². The van der Waals surface area contributed by atoms with Crippen molar-refractivity contribution < 1.29 is 9.59 Å². The van der Waals surface area contributed by atoms with Gasteiger partial charge >= 0.3 is 0 Å². The minimum Gasteiger partial charge on any atom is -0.348 e. The average molecular weight is 352 g/mol. The lowest BCUT2D eigenvalue weighted by molar-refractivity contribution is -0.130. The van der Waals surface area contributed by atoms with Crippen LogP contribution >= 0.6 is 0 Å². The fourth-order valence-electron chi connectivity index (χ4n) is 2.78. The standard InChI is InChI=1S/C22H28N2O2/c1-15(2)21(24-20(25)14-18-8-6-5-7-9-18)22(26)23-17(4)19-12-10-16(3)11-13-19/h5-13,15,17,21H,14H2,1-4H3,(H,23,26)(H,24,25). The van der Waals surface area contributed by atoms with Crippen LogP contribution in [0.4, 0.5) is 0 Å². The summed E-state index contributed by atoms with van der Waals surface area (Å²) in [7, 11) is 0. The molecule has 0 saturated carbocycles. The van der Waals surface area contributed by atoms with Crippen molar-refractivity contribution in [1.82, 2.24) is 10.6 Å². The van der Waals surface area contributed by atoms with E-state index in [4.69, 9.17) is 0 Å². The number of carbonyl (C=O) groups is 2. The Bertz CT molecular complexity index is 724. The summed E-state index contributed by atoms with van der Waals surface area (Å²) in [6.45, 7) is 7.85. The predicted molar refractivity (Wildman–Crippen MR) is 105 cm³/mol. The van der Waals surface area contributed by atoms with Gasteiger partial charge < -0.3 is 10.6 Å². The van der Waals surface area contributed by atoms with Crippen molar-refractivity contribution >= 4 is 11.8 Å². The molecule has 0 bridgehead atoms. The molecule has 2 N–H and O–H groups in total. The molecule has 2 aromatic rings. The summed E-state index contributed by atoms with van der Waals surface area (Å²) in [4.78, 5) is 25.0. The summed E-state index contributed by atoms with van der Waals surface area (Å²) in [6.07, 6.45) is 0.269. The molecule has 26 heavy (non-hydrogen) atoms. The van der Waals surface area contributed by atoms with Crippen LogP contribution in [0.15, 0.2) is 54.6 Å². The Morgan fingerprint density at radius 2 is 1.50 bits per heavy atom. The smallest absolute Gasteiger partial charge is 0.243 e. The van der Waals surface area contributed by atoms with Crippen LogP contribution in [0.2, 0.25) is 0 Å². The van der Waals surface area contributed by atoms with Crippen molar-refractivity contribution in [1.29, 1.82) is 0 Å². The molecule has 0 spiro atoms. The lowest BCUT2D eigenvalue weighted by atomic mass is 10.0. The molecule has 0 fully saturated rings. The number of aryl methyl sites for hydroxylation is 1. The third-order valence-corrected chi connectivity index (χ3v) is 4.41. The molecule has 0 aromatic heterocycles. The first kappa shape index (κ1) is 19.7. The number of carbonyl (C=O) groups excluding carboxylic acids is 2. The van der Waals surface area contributed by atoms with Crippen molar-refractivity contribution in [2.75, 3.05) is 0 Å². The highest BCUT2D eigenvalue weighted by Crippen LogP contribution is 2.14. The largest absolute Gasteiger partial charge is 0.348 e. The van der Waals surface area contributed by atoms with Gasteiger partial charge in [0.1, 0.15) is 6.04 Å². The zero-order chi connectivity index (χ0) is 19.1. The number of amides is 2. The van der Waals surface area contributed by atoms with Gasteiger partial charge in [-0.2, -0.15) is 0 Å². The number of hydrogen-bond donors (Lipinski definition) is 2. The van der Waals surface area contributed by atoms with E-state index in [1.165, 1.54) is 5.56 Å². The van der Waals surface area contributed by atoms with E-state index in [9.17, 15) is 9.59 Å². The van der Waals surface area contributed by atoms with E-state index in [1.807, 2.05) is 82.3 Å². The highest BCUT2D eigenvalue weighted by molar-refractivity contribution is 5.88. The van der Waals surface area contributed by atoms with Gasteiger partial charge in [0.15, 0.2) is 0 Å². The van der Waals surface area contributed by atoms with E-state index in [2.05, 4.69) is 10.6 Å². The third-order valence-electron chi connectivity index (χ3n) is 4.41. The Hall–Kier alpha value is -2.62. The molecule has 4 nitrogen and oxygen atoms in total. The minimum atomic E-state index is -0.556. The Labute approximate surface area is 156 Å².